The van der Waals surface area contributed by atoms with Crippen molar-refractivity contribution < 1.29 is 41.5 Å². The van der Waals surface area contributed by atoms with E-state index in [2.05, 4.69) is 35.4 Å². The number of amides is 2. The second-order valence-electron chi connectivity index (χ2n) is 7.41. The number of nitrogens with one attached hydrogen (secondary N) is 1. The minimum Gasteiger partial charge on any atom is -0.489 e. The minimum absolute atomic E-state index is 0.00252. The molecule has 0 saturated heterocycles. The fourth-order valence-corrected chi connectivity index (χ4v) is 3.45. The van der Waals surface area contributed by atoms with Crippen molar-refractivity contribution in [1.82, 2.24) is 14.9 Å². The molecule has 0 aliphatic rings. The monoisotopic (exact) mass is 605 g/mol. The molecule has 2 rings (SSSR count). The fourth-order valence-electron chi connectivity index (χ4n) is 2.80. The van der Waals surface area contributed by atoms with Crippen molar-refractivity contribution in [2.75, 3.05) is 64.0 Å². The number of anilines is 2. The molecule has 0 fully saturated rings. The van der Waals surface area contributed by atoms with E-state index in [1.165, 1.54) is 13.2 Å². The fraction of sp³-hybridized carbons (Fsp3) is 0.429. The average Bonchev–Trinajstić information content (AvgIpc) is 2.82. The SMILES string of the molecule is CN(Cc1cccc(NC(=O)c2nc(Br)cnc2N)c1OCCOCCOCCOS(C)(=O)=O)C(=O)O. The molecule has 204 valence electrons. The maximum Gasteiger partial charge on any atom is 0.407 e. The highest BCUT2D eigenvalue weighted by molar-refractivity contribution is 9.10. The summed E-state index contributed by atoms with van der Waals surface area (Å²) in [7, 11) is -2.10. The number of para-hydroxylation sites is 1. The lowest BCUT2D eigenvalue weighted by atomic mass is 10.1. The molecule has 14 nitrogen and oxygen atoms in total. The van der Waals surface area contributed by atoms with Crippen molar-refractivity contribution in [1.29, 1.82) is 0 Å². The minimum atomic E-state index is -3.51. The molecular weight excluding hydrogens is 578 g/mol. The van der Waals surface area contributed by atoms with Gasteiger partial charge in [0.15, 0.2) is 11.5 Å². The maximum absolute atomic E-state index is 12.8. The molecule has 0 radical (unpaired) electrons. The molecule has 1 aromatic carbocycles. The Labute approximate surface area is 222 Å². The standard InChI is InChI=1S/C21H28BrN5O9S/c1-27(21(29)30)13-14-4-3-5-15(25-20(28)17-19(23)24-12-16(22)26-17)18(14)35-10-8-33-6-7-34-9-11-36-37(2,31)32/h3-5,12H,6-11,13H2,1-2H3,(H2,23,24)(H,25,28)(H,29,30). The number of carbonyl (C=O) groups excluding carboxylic acids is 1. The van der Waals surface area contributed by atoms with E-state index in [9.17, 15) is 23.1 Å². The largest absolute Gasteiger partial charge is 0.489 e. The molecule has 0 saturated carbocycles. The van der Waals surface area contributed by atoms with Gasteiger partial charge in [0.1, 0.15) is 17.0 Å². The van der Waals surface area contributed by atoms with Gasteiger partial charge in [-0.3, -0.25) is 8.98 Å². The van der Waals surface area contributed by atoms with Gasteiger partial charge in [0, 0.05) is 12.6 Å². The van der Waals surface area contributed by atoms with Crippen LogP contribution in [0.5, 0.6) is 5.75 Å². The summed E-state index contributed by atoms with van der Waals surface area (Å²) in [5.74, 6) is -0.445. The first-order chi connectivity index (χ1) is 17.5. The lowest BCUT2D eigenvalue weighted by molar-refractivity contribution is 0.0279. The molecule has 0 bridgehead atoms. The second kappa shape index (κ2) is 14.6. The summed E-state index contributed by atoms with van der Waals surface area (Å²) in [6.45, 7) is 0.663. The number of nitrogens with zero attached hydrogens (tertiary/aromatic N) is 3. The topological polar surface area (TPSA) is 192 Å². The molecule has 16 heteroatoms. The molecule has 0 spiro atoms. The highest BCUT2D eigenvalue weighted by atomic mass is 79.9. The number of aromatic nitrogens is 2. The molecule has 37 heavy (non-hydrogen) atoms. The van der Waals surface area contributed by atoms with Crippen LogP contribution in [0.4, 0.5) is 16.3 Å². The smallest absolute Gasteiger partial charge is 0.407 e. The Balaban J connectivity index is 1.99. The highest BCUT2D eigenvalue weighted by Crippen LogP contribution is 2.31. The molecular formula is C21H28BrN5O9S. The van der Waals surface area contributed by atoms with Crippen LogP contribution in [0.1, 0.15) is 16.1 Å². The van der Waals surface area contributed by atoms with E-state index in [-0.39, 0.29) is 69.1 Å². The van der Waals surface area contributed by atoms with Crippen molar-refractivity contribution in [2.24, 2.45) is 0 Å². The van der Waals surface area contributed by atoms with Crippen molar-refractivity contribution in [3.63, 3.8) is 0 Å². The number of benzene rings is 1. The van der Waals surface area contributed by atoms with Crippen LogP contribution in [0.15, 0.2) is 29.0 Å². The van der Waals surface area contributed by atoms with Crippen LogP contribution in [0, 0.1) is 0 Å². The van der Waals surface area contributed by atoms with E-state index in [1.54, 1.807) is 18.2 Å². The van der Waals surface area contributed by atoms with Crippen molar-refractivity contribution >= 4 is 49.6 Å². The summed E-state index contributed by atoms with van der Waals surface area (Å²) in [5.41, 5.74) is 6.46. The van der Waals surface area contributed by atoms with Crippen LogP contribution in [0.3, 0.4) is 0 Å². The zero-order valence-corrected chi connectivity index (χ0v) is 22.6. The number of hydrogen-bond donors (Lipinski definition) is 3. The normalized spacial score (nSPS) is 11.2. The van der Waals surface area contributed by atoms with E-state index >= 15 is 0 Å². The maximum atomic E-state index is 12.8. The summed E-state index contributed by atoms with van der Waals surface area (Å²) >= 11 is 3.15. The summed E-state index contributed by atoms with van der Waals surface area (Å²) < 4.78 is 43.1. The Hall–Kier alpha value is -3.05. The first-order valence-electron chi connectivity index (χ1n) is 10.8. The Morgan fingerprint density at radius 2 is 1.78 bits per heavy atom. The summed E-state index contributed by atoms with van der Waals surface area (Å²) in [5, 5.41) is 11.9. The van der Waals surface area contributed by atoms with Crippen LogP contribution in [0.25, 0.3) is 0 Å². The third-order valence-corrected chi connectivity index (χ3v) is 5.41. The molecule has 0 aliphatic heterocycles. The predicted octanol–water partition coefficient (Wildman–Crippen LogP) is 1.57. The Bertz CT molecular complexity index is 1180. The number of nitrogen functional groups attached to an aromatic ring is 1. The van der Waals surface area contributed by atoms with Crippen molar-refractivity contribution in [3.8, 4) is 5.75 Å². The zero-order valence-electron chi connectivity index (χ0n) is 20.2. The average molecular weight is 606 g/mol. The third-order valence-electron chi connectivity index (χ3n) is 4.44. The van der Waals surface area contributed by atoms with E-state index in [4.69, 9.17) is 19.9 Å². The van der Waals surface area contributed by atoms with Gasteiger partial charge in [-0.05, 0) is 22.0 Å². The van der Waals surface area contributed by atoms with Crippen LogP contribution >= 0.6 is 15.9 Å². The summed E-state index contributed by atoms with van der Waals surface area (Å²) in [6.07, 6.45) is 1.18. The van der Waals surface area contributed by atoms with Gasteiger partial charge in [0.25, 0.3) is 16.0 Å². The number of hydrogen-bond acceptors (Lipinski definition) is 11. The number of carboxylic acid groups (broad SMARTS) is 1. The van der Waals surface area contributed by atoms with Gasteiger partial charge in [0.05, 0.1) is 57.7 Å². The third kappa shape index (κ3) is 10.8. The molecule has 2 aromatic rings. The number of nitrogens with two attached hydrogens (primary N) is 1. The Morgan fingerprint density at radius 1 is 1.14 bits per heavy atom. The van der Waals surface area contributed by atoms with E-state index in [0.717, 1.165) is 11.2 Å². The van der Waals surface area contributed by atoms with E-state index < -0.39 is 22.1 Å². The Kier molecular flexibility index (Phi) is 11.9. The van der Waals surface area contributed by atoms with Crippen molar-refractivity contribution in [3.05, 3.63) is 40.3 Å². The van der Waals surface area contributed by atoms with Gasteiger partial charge in [0.2, 0.25) is 0 Å². The first kappa shape index (κ1) is 30.2. The van der Waals surface area contributed by atoms with Gasteiger partial charge in [-0.25, -0.2) is 14.8 Å². The van der Waals surface area contributed by atoms with E-state index in [0.29, 0.717) is 10.2 Å². The molecule has 0 unspecified atom stereocenters. The number of halogens is 1. The second-order valence-corrected chi connectivity index (χ2v) is 9.87. The molecule has 0 atom stereocenters. The summed E-state index contributed by atoms with van der Waals surface area (Å²) in [4.78, 5) is 33.1. The lowest BCUT2D eigenvalue weighted by Gasteiger charge is -2.19. The van der Waals surface area contributed by atoms with Crippen LogP contribution in [-0.4, -0.2) is 93.3 Å². The molecule has 1 heterocycles. The van der Waals surface area contributed by atoms with Gasteiger partial charge < -0.3 is 35.3 Å². The van der Waals surface area contributed by atoms with Crippen LogP contribution < -0.4 is 15.8 Å². The Morgan fingerprint density at radius 3 is 2.43 bits per heavy atom. The molecule has 1 aromatic heterocycles. The van der Waals surface area contributed by atoms with Gasteiger partial charge in [-0.2, -0.15) is 8.42 Å². The van der Waals surface area contributed by atoms with Crippen LogP contribution in [0.2, 0.25) is 0 Å². The first-order valence-corrected chi connectivity index (χ1v) is 13.4. The lowest BCUT2D eigenvalue weighted by Crippen LogP contribution is -2.25. The zero-order chi connectivity index (χ0) is 27.4. The molecule has 2 amide bonds. The van der Waals surface area contributed by atoms with Gasteiger partial charge in [-0.15, -0.1) is 0 Å². The van der Waals surface area contributed by atoms with Crippen LogP contribution in [-0.2, 0) is 30.3 Å². The van der Waals surface area contributed by atoms with E-state index in [1.807, 2.05) is 0 Å². The highest BCUT2D eigenvalue weighted by Gasteiger charge is 2.19. The quantitative estimate of drug-likeness (QED) is 0.196. The van der Waals surface area contributed by atoms with Gasteiger partial charge >= 0.3 is 6.09 Å². The van der Waals surface area contributed by atoms with Crippen molar-refractivity contribution in [2.45, 2.75) is 6.54 Å². The van der Waals surface area contributed by atoms with Gasteiger partial charge in [-0.1, -0.05) is 12.1 Å². The number of rotatable bonds is 15. The molecule has 4 N–H and O–H groups in total. The summed E-state index contributed by atoms with van der Waals surface area (Å²) in [6, 6.07) is 4.90. The number of carbonyl (C=O) groups is 2. The number of ether oxygens (including phenoxy) is 3. The predicted molar refractivity (Wildman–Crippen MR) is 136 cm³/mol. The molecule has 0 aliphatic carbocycles.